The average molecular weight is 480 g/mol. The molecule has 9 heteroatoms. The van der Waals surface area contributed by atoms with Crippen LogP contribution >= 0.6 is 0 Å². The SMILES string of the molecule is COc1ccc([C@H](C(=O)NCCC(C)C)N(C(=O)Cn2nnc3ccccc32)C2CC2)cc1OC. The summed E-state index contributed by atoms with van der Waals surface area (Å²) in [5.41, 5.74) is 2.18. The summed E-state index contributed by atoms with van der Waals surface area (Å²) < 4.78 is 12.5. The van der Waals surface area contributed by atoms with E-state index in [1.165, 1.54) is 0 Å². The van der Waals surface area contributed by atoms with Crippen LogP contribution < -0.4 is 14.8 Å². The number of aromatic nitrogens is 3. The normalized spacial score (nSPS) is 14.1. The topological polar surface area (TPSA) is 98.6 Å². The number of nitrogens with zero attached hydrogens (tertiary/aromatic N) is 4. The Morgan fingerprint density at radius 3 is 2.54 bits per heavy atom. The molecule has 35 heavy (non-hydrogen) atoms. The third-order valence-corrected chi connectivity index (χ3v) is 6.20. The molecular weight excluding hydrogens is 446 g/mol. The molecule has 1 heterocycles. The Labute approximate surface area is 205 Å². The van der Waals surface area contributed by atoms with Crippen molar-refractivity contribution < 1.29 is 19.1 Å². The van der Waals surface area contributed by atoms with Crippen LogP contribution in [0.3, 0.4) is 0 Å². The Kier molecular flexibility index (Phi) is 7.53. The number of nitrogens with one attached hydrogen (secondary N) is 1. The number of methoxy groups -OCH3 is 2. The second-order valence-corrected chi connectivity index (χ2v) is 9.26. The molecule has 0 bridgehead atoms. The second-order valence-electron chi connectivity index (χ2n) is 9.26. The molecular formula is C26H33N5O4. The van der Waals surface area contributed by atoms with Crippen LogP contribution in [0.15, 0.2) is 42.5 Å². The van der Waals surface area contributed by atoms with E-state index in [4.69, 9.17) is 9.47 Å². The number of para-hydroxylation sites is 1. The molecule has 1 aromatic heterocycles. The first-order valence-electron chi connectivity index (χ1n) is 12.0. The van der Waals surface area contributed by atoms with Crippen LogP contribution in [0.1, 0.15) is 44.7 Å². The van der Waals surface area contributed by atoms with Crippen molar-refractivity contribution in [3.05, 3.63) is 48.0 Å². The monoisotopic (exact) mass is 479 g/mol. The minimum atomic E-state index is -0.795. The molecule has 1 aliphatic rings. The van der Waals surface area contributed by atoms with Crippen LogP contribution in [0.2, 0.25) is 0 Å². The molecule has 1 N–H and O–H groups in total. The highest BCUT2D eigenvalue weighted by Crippen LogP contribution is 2.38. The van der Waals surface area contributed by atoms with Gasteiger partial charge in [0.1, 0.15) is 18.1 Å². The minimum absolute atomic E-state index is 0.0000764. The molecule has 9 nitrogen and oxygen atoms in total. The van der Waals surface area contributed by atoms with Crippen molar-refractivity contribution in [3.63, 3.8) is 0 Å². The van der Waals surface area contributed by atoms with E-state index in [0.717, 1.165) is 30.3 Å². The lowest BCUT2D eigenvalue weighted by Gasteiger charge is -2.32. The van der Waals surface area contributed by atoms with E-state index < -0.39 is 6.04 Å². The molecule has 4 rings (SSSR count). The molecule has 2 amide bonds. The zero-order valence-corrected chi connectivity index (χ0v) is 20.7. The first-order chi connectivity index (χ1) is 16.9. The number of rotatable bonds is 11. The van der Waals surface area contributed by atoms with Crippen molar-refractivity contribution in [2.24, 2.45) is 5.92 Å². The quantitative estimate of drug-likeness (QED) is 0.453. The van der Waals surface area contributed by atoms with Gasteiger partial charge in [-0.2, -0.15) is 0 Å². The summed E-state index contributed by atoms with van der Waals surface area (Å²) in [5, 5.41) is 11.4. The van der Waals surface area contributed by atoms with Gasteiger partial charge in [-0.15, -0.1) is 5.10 Å². The molecule has 1 aliphatic carbocycles. The van der Waals surface area contributed by atoms with Gasteiger partial charge in [0.15, 0.2) is 11.5 Å². The van der Waals surface area contributed by atoms with Gasteiger partial charge in [-0.3, -0.25) is 9.59 Å². The summed E-state index contributed by atoms with van der Waals surface area (Å²) in [7, 11) is 3.12. The molecule has 0 spiro atoms. The lowest BCUT2D eigenvalue weighted by Crippen LogP contribution is -2.46. The number of fused-ring (bicyclic) bond motifs is 1. The van der Waals surface area contributed by atoms with E-state index in [0.29, 0.717) is 29.5 Å². The Balaban J connectivity index is 1.67. The second kappa shape index (κ2) is 10.8. The zero-order valence-electron chi connectivity index (χ0n) is 20.7. The van der Waals surface area contributed by atoms with Crippen LogP contribution in [0, 0.1) is 5.92 Å². The average Bonchev–Trinajstić information content (AvgIpc) is 3.61. The summed E-state index contributed by atoms with van der Waals surface area (Å²) >= 11 is 0. The van der Waals surface area contributed by atoms with Gasteiger partial charge in [0, 0.05) is 12.6 Å². The molecule has 0 aliphatic heterocycles. The van der Waals surface area contributed by atoms with E-state index in [1.807, 2.05) is 30.3 Å². The van der Waals surface area contributed by atoms with E-state index >= 15 is 0 Å². The van der Waals surface area contributed by atoms with Gasteiger partial charge < -0.3 is 19.7 Å². The summed E-state index contributed by atoms with van der Waals surface area (Å²) in [6.07, 6.45) is 2.56. The van der Waals surface area contributed by atoms with Crippen LogP contribution in [0.4, 0.5) is 0 Å². The Morgan fingerprint density at radius 1 is 1.11 bits per heavy atom. The fourth-order valence-electron chi connectivity index (χ4n) is 4.20. The molecule has 186 valence electrons. The number of hydrogen-bond donors (Lipinski definition) is 1. The largest absolute Gasteiger partial charge is 0.493 e. The van der Waals surface area contributed by atoms with Crippen molar-refractivity contribution in [1.29, 1.82) is 0 Å². The smallest absolute Gasteiger partial charge is 0.247 e. The molecule has 2 aromatic carbocycles. The Bertz CT molecular complexity index is 1190. The van der Waals surface area contributed by atoms with Gasteiger partial charge in [-0.05, 0) is 55.0 Å². The summed E-state index contributed by atoms with van der Waals surface area (Å²) in [6.45, 7) is 4.77. The van der Waals surface area contributed by atoms with Crippen LogP contribution in [0.5, 0.6) is 11.5 Å². The maximum Gasteiger partial charge on any atom is 0.247 e. The number of carbonyl (C=O) groups is 2. The molecule has 1 saturated carbocycles. The van der Waals surface area contributed by atoms with Gasteiger partial charge >= 0.3 is 0 Å². The summed E-state index contributed by atoms with van der Waals surface area (Å²) in [5.74, 6) is 1.14. The first-order valence-corrected chi connectivity index (χ1v) is 12.0. The van der Waals surface area contributed by atoms with Gasteiger partial charge in [0.05, 0.1) is 19.7 Å². The molecule has 1 fully saturated rings. The number of hydrogen-bond acceptors (Lipinski definition) is 6. The Hall–Kier alpha value is -3.62. The number of carbonyl (C=O) groups excluding carboxylic acids is 2. The predicted molar refractivity (Wildman–Crippen MR) is 132 cm³/mol. The predicted octanol–water partition coefficient (Wildman–Crippen LogP) is 3.34. The van der Waals surface area contributed by atoms with E-state index in [1.54, 1.807) is 35.9 Å². The molecule has 3 aromatic rings. The maximum atomic E-state index is 13.7. The summed E-state index contributed by atoms with van der Waals surface area (Å²) in [4.78, 5) is 29.0. The first kappa shape index (κ1) is 24.5. The molecule has 1 atom stereocenters. The lowest BCUT2D eigenvalue weighted by atomic mass is 10.0. The third-order valence-electron chi connectivity index (χ3n) is 6.20. The van der Waals surface area contributed by atoms with Crippen LogP contribution in [0.25, 0.3) is 11.0 Å². The van der Waals surface area contributed by atoms with Gasteiger partial charge in [0.25, 0.3) is 0 Å². The van der Waals surface area contributed by atoms with Crippen LogP contribution in [-0.4, -0.2) is 58.5 Å². The van der Waals surface area contributed by atoms with Crippen LogP contribution in [-0.2, 0) is 16.1 Å². The fourth-order valence-corrected chi connectivity index (χ4v) is 4.20. The van der Waals surface area contributed by atoms with Gasteiger partial charge in [-0.1, -0.05) is 37.3 Å². The highest BCUT2D eigenvalue weighted by Gasteiger charge is 2.41. The maximum absolute atomic E-state index is 13.7. The van der Waals surface area contributed by atoms with Crippen molar-refractivity contribution in [2.45, 2.75) is 51.7 Å². The van der Waals surface area contributed by atoms with E-state index in [9.17, 15) is 9.59 Å². The lowest BCUT2D eigenvalue weighted by molar-refractivity contribution is -0.142. The molecule has 0 unspecified atom stereocenters. The van der Waals surface area contributed by atoms with E-state index in [2.05, 4.69) is 29.5 Å². The summed E-state index contributed by atoms with van der Waals surface area (Å²) in [6, 6.07) is 12.1. The molecule has 0 saturated heterocycles. The van der Waals surface area contributed by atoms with Gasteiger partial charge in [-0.25, -0.2) is 4.68 Å². The standard InChI is InChI=1S/C26H33N5O4/c1-17(2)13-14-27-26(33)25(18-9-12-22(34-3)23(15-18)35-4)31(19-10-11-19)24(32)16-30-21-8-6-5-7-20(21)28-29-30/h5-9,12,15,17,19,25H,10-11,13-14,16H2,1-4H3,(H,27,33)/t25-/m1/s1. The van der Waals surface area contributed by atoms with E-state index in [-0.39, 0.29) is 24.4 Å². The minimum Gasteiger partial charge on any atom is -0.493 e. The third kappa shape index (κ3) is 5.55. The fraction of sp³-hybridized carbons (Fsp3) is 0.462. The number of ether oxygens (including phenoxy) is 2. The Morgan fingerprint density at radius 2 is 1.86 bits per heavy atom. The van der Waals surface area contributed by atoms with Crippen molar-refractivity contribution >= 4 is 22.8 Å². The van der Waals surface area contributed by atoms with Crippen molar-refractivity contribution in [2.75, 3.05) is 20.8 Å². The highest BCUT2D eigenvalue weighted by atomic mass is 16.5. The number of benzene rings is 2. The number of amides is 2. The van der Waals surface area contributed by atoms with Gasteiger partial charge in [0.2, 0.25) is 11.8 Å². The van der Waals surface area contributed by atoms with Crippen molar-refractivity contribution in [1.82, 2.24) is 25.2 Å². The zero-order chi connectivity index (χ0) is 24.9. The highest BCUT2D eigenvalue weighted by molar-refractivity contribution is 5.89. The van der Waals surface area contributed by atoms with Crippen molar-refractivity contribution in [3.8, 4) is 11.5 Å². The molecule has 0 radical (unpaired) electrons.